The topological polar surface area (TPSA) is 14.2 Å². The number of ether oxygens (including phenoxy) is 1. The van der Waals surface area contributed by atoms with Gasteiger partial charge < -0.3 is 9.30 Å². The predicted octanol–water partition coefficient (Wildman–Crippen LogP) is 10.6. The van der Waals surface area contributed by atoms with Crippen LogP contribution in [0.5, 0.6) is 0 Å². The largest absolute Gasteiger partial charge is 0.369 e. The maximum absolute atomic E-state index is 7.38. The highest BCUT2D eigenvalue weighted by molar-refractivity contribution is 8.35. The van der Waals surface area contributed by atoms with E-state index in [-0.39, 0.29) is 12.2 Å². The van der Waals surface area contributed by atoms with Crippen molar-refractivity contribution in [3.8, 4) is 0 Å². The number of hydrogen-bond acceptors (Lipinski definition) is 1. The molecule has 5 aliphatic carbocycles. The van der Waals surface area contributed by atoms with Gasteiger partial charge in [0.1, 0.15) is 0 Å². The molecule has 2 heterocycles. The van der Waals surface area contributed by atoms with Gasteiger partial charge in [0.05, 0.1) is 17.7 Å². The summed E-state index contributed by atoms with van der Waals surface area (Å²) in [5, 5.41) is 3.22. The van der Waals surface area contributed by atoms with Crippen molar-refractivity contribution in [3.05, 3.63) is 114 Å². The first kappa shape index (κ1) is 28.2. The van der Waals surface area contributed by atoms with Crippen molar-refractivity contribution in [1.82, 2.24) is 4.57 Å². The Balaban J connectivity index is 1.29. The lowest BCUT2D eigenvalue weighted by Crippen LogP contribution is -2.47. The minimum absolute atomic E-state index is 0.253. The van der Waals surface area contributed by atoms with Crippen LogP contribution in [0, 0.1) is 11.8 Å². The molecule has 1 aromatic heterocycles. The zero-order valence-electron chi connectivity index (χ0n) is 26.5. The predicted molar refractivity (Wildman–Crippen MR) is 192 cm³/mol. The van der Waals surface area contributed by atoms with Gasteiger partial charge in [-0.25, -0.2) is 0 Å². The molecule has 3 aromatic rings. The number of para-hydroxylation sites is 1. The Morgan fingerprint density at radius 2 is 1.64 bits per heavy atom. The van der Waals surface area contributed by atoms with E-state index in [1.54, 1.807) is 16.2 Å². The Kier molecular flexibility index (Phi) is 7.31. The molecular formula is C42H47NOS. The van der Waals surface area contributed by atoms with Crippen LogP contribution >= 0.6 is 10.0 Å². The fourth-order valence-electron chi connectivity index (χ4n) is 10.2. The molecule has 0 N–H and O–H groups in total. The molecule has 9 rings (SSSR count). The third-order valence-corrected chi connectivity index (χ3v) is 17.5. The normalized spacial score (nSPS) is 34.0. The molecule has 2 aromatic carbocycles. The van der Waals surface area contributed by atoms with E-state index in [4.69, 9.17) is 4.74 Å². The Labute approximate surface area is 270 Å². The van der Waals surface area contributed by atoms with Crippen LogP contribution in [0.3, 0.4) is 0 Å². The van der Waals surface area contributed by atoms with Crippen molar-refractivity contribution < 1.29 is 4.74 Å². The second-order valence-corrected chi connectivity index (χ2v) is 18.1. The quantitative estimate of drug-likeness (QED) is 0.261. The van der Waals surface area contributed by atoms with Crippen molar-refractivity contribution in [1.29, 1.82) is 0 Å². The van der Waals surface area contributed by atoms with Crippen LogP contribution in [0.4, 0.5) is 0 Å². The maximum atomic E-state index is 7.38. The summed E-state index contributed by atoms with van der Waals surface area (Å²) >= 11 is 0. The molecule has 0 radical (unpaired) electrons. The van der Waals surface area contributed by atoms with Gasteiger partial charge in [0.15, 0.2) is 0 Å². The Hall–Kier alpha value is -3.01. The summed E-state index contributed by atoms with van der Waals surface area (Å²) in [5.74, 6) is 1.03. The average molecular weight is 614 g/mol. The average Bonchev–Trinajstić information content (AvgIpc) is 3.66. The number of rotatable bonds is 5. The Morgan fingerprint density at radius 3 is 2.51 bits per heavy atom. The molecule has 8 atom stereocenters. The van der Waals surface area contributed by atoms with Crippen molar-refractivity contribution in [2.75, 3.05) is 0 Å². The minimum atomic E-state index is -1.34. The van der Waals surface area contributed by atoms with Crippen LogP contribution in [0.2, 0.25) is 0 Å². The lowest BCUT2D eigenvalue weighted by Gasteiger charge is -2.60. The molecule has 0 spiro atoms. The molecule has 232 valence electrons. The molecule has 0 bridgehead atoms. The Morgan fingerprint density at radius 1 is 0.778 bits per heavy atom. The summed E-state index contributed by atoms with van der Waals surface area (Å²) in [7, 11) is -1.34. The summed E-state index contributed by atoms with van der Waals surface area (Å²) in [6, 6.07) is 21.2. The summed E-state index contributed by atoms with van der Waals surface area (Å²) in [5.41, 5.74) is 5.92. The third kappa shape index (κ3) is 4.48. The van der Waals surface area contributed by atoms with E-state index in [0.717, 1.165) is 19.3 Å². The lowest BCUT2D eigenvalue weighted by atomic mass is 9.77. The minimum Gasteiger partial charge on any atom is -0.369 e. The summed E-state index contributed by atoms with van der Waals surface area (Å²) in [6.07, 6.45) is 36.5. The fourth-order valence-corrected chi connectivity index (χ4v) is 16.4. The number of allylic oxidation sites excluding steroid dienone is 6. The molecule has 1 fully saturated rings. The van der Waals surface area contributed by atoms with Crippen molar-refractivity contribution in [2.24, 2.45) is 11.8 Å². The molecule has 8 unspecified atom stereocenters. The second-order valence-electron chi connectivity index (χ2n) is 14.2. The number of benzene rings is 2. The van der Waals surface area contributed by atoms with E-state index < -0.39 is 10.0 Å². The van der Waals surface area contributed by atoms with E-state index >= 15 is 0 Å². The molecule has 2 nitrogen and oxygen atoms in total. The number of hydrogen-bond donors (Lipinski definition) is 0. The first-order valence-electron chi connectivity index (χ1n) is 17.8. The summed E-state index contributed by atoms with van der Waals surface area (Å²) < 4.78 is 10.1. The SMILES string of the molecule is C1=CC(S(c2ccccc2)(C2CC=CCC2)C2CC(n3c4c(c5ccccc53)CCC=C4)=CC3C4CCC=CC4OC32)CCC1. The molecule has 0 saturated carbocycles. The van der Waals surface area contributed by atoms with Crippen LogP contribution in [-0.2, 0) is 11.2 Å². The van der Waals surface area contributed by atoms with Gasteiger partial charge in [-0.05, 0) is 98.0 Å². The van der Waals surface area contributed by atoms with Gasteiger partial charge in [-0.15, -0.1) is 0 Å². The maximum Gasteiger partial charge on any atom is 0.0795 e. The van der Waals surface area contributed by atoms with Crippen LogP contribution in [0.1, 0.15) is 75.5 Å². The monoisotopic (exact) mass is 613 g/mol. The standard InChI is InChI=1S/C42H47NOS/c1-4-16-31(17-5-1)45(32-18-6-2-7-19-32,33-20-8-3-9-21-33)41-29-30(28-37-36-24-12-15-27-40(36)44-42(37)41)43-38-25-13-10-22-34(38)35-23-11-14-26-39(35)43/h1-2,4-6,8,10,13-17,20,22,25-28,32-33,36-37,40-42H,3,7,9,11-12,18-19,21,23-24,29H2. The van der Waals surface area contributed by atoms with Gasteiger partial charge in [0, 0.05) is 39.6 Å². The van der Waals surface area contributed by atoms with Crippen molar-refractivity contribution in [3.63, 3.8) is 0 Å². The van der Waals surface area contributed by atoms with Gasteiger partial charge in [-0.2, -0.15) is 10.0 Å². The first-order chi connectivity index (χ1) is 22.3. The number of nitrogens with zero attached hydrogens (tertiary/aromatic N) is 1. The molecule has 6 aliphatic rings. The molecular weight excluding hydrogens is 567 g/mol. The highest BCUT2D eigenvalue weighted by Gasteiger charge is 2.57. The van der Waals surface area contributed by atoms with Gasteiger partial charge in [-0.3, -0.25) is 0 Å². The van der Waals surface area contributed by atoms with Gasteiger partial charge in [-0.1, -0.05) is 97.1 Å². The van der Waals surface area contributed by atoms with Gasteiger partial charge in [0.25, 0.3) is 0 Å². The molecule has 3 heteroatoms. The Bertz CT molecular complexity index is 1720. The lowest BCUT2D eigenvalue weighted by molar-refractivity contribution is 0.0523. The number of aromatic nitrogens is 1. The number of fused-ring (bicyclic) bond motifs is 6. The van der Waals surface area contributed by atoms with E-state index in [2.05, 4.69) is 114 Å². The van der Waals surface area contributed by atoms with Crippen molar-refractivity contribution >= 4 is 32.7 Å². The molecule has 45 heavy (non-hydrogen) atoms. The van der Waals surface area contributed by atoms with E-state index in [1.807, 2.05) is 0 Å². The zero-order valence-corrected chi connectivity index (χ0v) is 27.3. The van der Waals surface area contributed by atoms with E-state index in [0.29, 0.717) is 27.6 Å². The summed E-state index contributed by atoms with van der Waals surface area (Å²) in [6.45, 7) is 0. The number of aryl methyl sites for hydroxylation is 1. The van der Waals surface area contributed by atoms with E-state index in [9.17, 15) is 0 Å². The summed E-state index contributed by atoms with van der Waals surface area (Å²) in [4.78, 5) is 1.64. The van der Waals surface area contributed by atoms with Crippen LogP contribution in [0.25, 0.3) is 22.7 Å². The molecule has 1 aliphatic heterocycles. The second kappa shape index (κ2) is 11.7. The van der Waals surface area contributed by atoms with Crippen LogP contribution in [-0.4, -0.2) is 32.5 Å². The van der Waals surface area contributed by atoms with Crippen LogP contribution < -0.4 is 0 Å². The molecule has 0 amide bonds. The van der Waals surface area contributed by atoms with Gasteiger partial charge in [0.2, 0.25) is 0 Å². The van der Waals surface area contributed by atoms with Crippen molar-refractivity contribution in [2.45, 2.75) is 103 Å². The van der Waals surface area contributed by atoms with Crippen LogP contribution in [0.15, 0.2) is 108 Å². The highest BCUT2D eigenvalue weighted by atomic mass is 32.3. The zero-order chi connectivity index (χ0) is 29.8. The fraction of sp³-hybridized carbons (Fsp3) is 0.429. The first-order valence-corrected chi connectivity index (χ1v) is 19.6. The van der Waals surface area contributed by atoms with Gasteiger partial charge >= 0.3 is 0 Å². The molecule has 1 saturated heterocycles. The smallest absolute Gasteiger partial charge is 0.0795 e. The third-order valence-electron chi connectivity index (χ3n) is 12.0. The highest BCUT2D eigenvalue weighted by Crippen LogP contribution is 2.74. The van der Waals surface area contributed by atoms with E-state index in [1.165, 1.54) is 68.0 Å².